The van der Waals surface area contributed by atoms with Crippen molar-refractivity contribution in [3.63, 3.8) is 0 Å². The molecule has 3 nitrogen and oxygen atoms in total. The molecular formula is C20H22O3. The fraction of sp³-hybridized carbons (Fsp3) is 0.300. The third-order valence-electron chi connectivity index (χ3n) is 3.73. The van der Waals surface area contributed by atoms with Gasteiger partial charge in [-0.15, -0.1) is 0 Å². The van der Waals surface area contributed by atoms with E-state index in [4.69, 9.17) is 0 Å². The minimum Gasteiger partial charge on any atom is -0.382 e. The first-order valence-corrected chi connectivity index (χ1v) is 7.72. The second-order valence-electron chi connectivity index (χ2n) is 6.56. The largest absolute Gasteiger partial charge is 0.382 e. The normalized spacial score (nSPS) is 11.6. The summed E-state index contributed by atoms with van der Waals surface area (Å²) in [6.07, 6.45) is 0. The fourth-order valence-corrected chi connectivity index (χ4v) is 2.33. The number of benzene rings is 2. The Hall–Kier alpha value is -2.26. The number of rotatable bonds is 5. The highest BCUT2D eigenvalue weighted by Gasteiger charge is 2.24. The van der Waals surface area contributed by atoms with Gasteiger partial charge in [0.25, 0.3) is 0 Å². The van der Waals surface area contributed by atoms with Gasteiger partial charge in [0, 0.05) is 17.0 Å². The minimum absolute atomic E-state index is 0.0204. The van der Waals surface area contributed by atoms with Crippen LogP contribution in [0.2, 0.25) is 0 Å². The molecule has 0 unspecified atom stereocenters. The monoisotopic (exact) mass is 310 g/mol. The van der Waals surface area contributed by atoms with Crippen molar-refractivity contribution in [2.45, 2.75) is 33.3 Å². The molecule has 0 heterocycles. The van der Waals surface area contributed by atoms with Crippen LogP contribution < -0.4 is 0 Å². The van der Waals surface area contributed by atoms with Crippen LogP contribution in [0.4, 0.5) is 0 Å². The van der Waals surface area contributed by atoms with Crippen LogP contribution in [0.15, 0.2) is 48.5 Å². The molecule has 0 saturated carbocycles. The second kappa shape index (κ2) is 6.47. The number of carbonyl (C=O) groups is 2. The van der Waals surface area contributed by atoms with Crippen molar-refractivity contribution in [2.24, 2.45) is 5.92 Å². The van der Waals surface area contributed by atoms with Gasteiger partial charge in [0.1, 0.15) is 5.60 Å². The summed E-state index contributed by atoms with van der Waals surface area (Å²) < 4.78 is 0. The van der Waals surface area contributed by atoms with Crippen molar-refractivity contribution in [3.05, 3.63) is 59.7 Å². The van der Waals surface area contributed by atoms with Gasteiger partial charge < -0.3 is 5.11 Å². The maximum atomic E-state index is 12.0. The number of hydrogen-bond acceptors (Lipinski definition) is 3. The van der Waals surface area contributed by atoms with Crippen molar-refractivity contribution in [1.82, 2.24) is 0 Å². The van der Waals surface area contributed by atoms with Crippen LogP contribution in [-0.4, -0.2) is 22.3 Å². The van der Waals surface area contributed by atoms with E-state index in [-0.39, 0.29) is 17.5 Å². The standard InChI is InChI=1S/C20H22O3/c1-13(2)18(21)16-9-5-14(6-10-16)15-7-11-17(12-8-15)19(22)20(3,4)23/h5-13,23H,1-4H3. The first kappa shape index (κ1) is 17.1. The number of Topliss-reactive ketones (excluding diaryl/α,β-unsaturated/α-hetero) is 2. The van der Waals surface area contributed by atoms with Gasteiger partial charge in [-0.1, -0.05) is 62.4 Å². The molecule has 2 rings (SSSR count). The summed E-state index contributed by atoms with van der Waals surface area (Å²) in [6.45, 7) is 6.73. The predicted octanol–water partition coefficient (Wildman–Crippen LogP) is 4.15. The number of aliphatic hydroxyl groups is 1. The van der Waals surface area contributed by atoms with Gasteiger partial charge in [-0.3, -0.25) is 9.59 Å². The molecule has 120 valence electrons. The lowest BCUT2D eigenvalue weighted by Crippen LogP contribution is -2.30. The molecule has 0 aliphatic rings. The Labute approximate surface area is 137 Å². The van der Waals surface area contributed by atoms with Crippen molar-refractivity contribution < 1.29 is 14.7 Å². The van der Waals surface area contributed by atoms with Crippen LogP contribution >= 0.6 is 0 Å². The number of hydrogen-bond donors (Lipinski definition) is 1. The lowest BCUT2D eigenvalue weighted by Gasteiger charge is -2.15. The zero-order valence-electron chi connectivity index (χ0n) is 14.0. The third-order valence-corrected chi connectivity index (χ3v) is 3.73. The average molecular weight is 310 g/mol. The first-order chi connectivity index (χ1) is 10.7. The van der Waals surface area contributed by atoms with Crippen LogP contribution in [0.25, 0.3) is 11.1 Å². The van der Waals surface area contributed by atoms with E-state index in [2.05, 4.69) is 0 Å². The Morgan fingerprint density at radius 1 is 0.826 bits per heavy atom. The minimum atomic E-state index is -1.37. The maximum absolute atomic E-state index is 12.0. The summed E-state index contributed by atoms with van der Waals surface area (Å²) in [5, 5.41) is 9.77. The number of carbonyl (C=O) groups excluding carboxylic acids is 2. The van der Waals surface area contributed by atoms with Crippen LogP contribution in [0.1, 0.15) is 48.4 Å². The highest BCUT2D eigenvalue weighted by Crippen LogP contribution is 2.22. The Bertz CT molecular complexity index is 702. The summed E-state index contributed by atoms with van der Waals surface area (Å²) in [5.74, 6) is -0.197. The number of ketones is 2. The van der Waals surface area contributed by atoms with Crippen molar-refractivity contribution in [1.29, 1.82) is 0 Å². The van der Waals surface area contributed by atoms with E-state index in [1.807, 2.05) is 50.2 Å². The molecule has 0 atom stereocenters. The molecule has 0 aromatic heterocycles. The molecule has 2 aromatic rings. The van der Waals surface area contributed by atoms with Crippen molar-refractivity contribution in [3.8, 4) is 11.1 Å². The molecule has 0 saturated heterocycles. The van der Waals surface area contributed by atoms with Crippen LogP contribution in [0, 0.1) is 5.92 Å². The van der Waals surface area contributed by atoms with Crippen molar-refractivity contribution in [2.75, 3.05) is 0 Å². The van der Waals surface area contributed by atoms with E-state index in [1.54, 1.807) is 12.1 Å². The van der Waals surface area contributed by atoms with Gasteiger partial charge in [0.05, 0.1) is 0 Å². The molecular weight excluding hydrogens is 288 g/mol. The molecule has 0 aliphatic heterocycles. The van der Waals surface area contributed by atoms with Gasteiger partial charge in [0.2, 0.25) is 0 Å². The molecule has 0 radical (unpaired) electrons. The van der Waals surface area contributed by atoms with E-state index in [9.17, 15) is 14.7 Å². The smallest absolute Gasteiger partial charge is 0.193 e. The maximum Gasteiger partial charge on any atom is 0.193 e. The van der Waals surface area contributed by atoms with E-state index >= 15 is 0 Å². The molecule has 0 spiro atoms. The second-order valence-corrected chi connectivity index (χ2v) is 6.56. The predicted molar refractivity (Wildman–Crippen MR) is 91.7 cm³/mol. The zero-order chi connectivity index (χ0) is 17.2. The zero-order valence-corrected chi connectivity index (χ0v) is 14.0. The Balaban J connectivity index is 2.23. The topological polar surface area (TPSA) is 54.4 Å². The summed E-state index contributed by atoms with van der Waals surface area (Å²) in [6, 6.07) is 14.6. The van der Waals surface area contributed by atoms with Gasteiger partial charge in [-0.25, -0.2) is 0 Å². The summed E-state index contributed by atoms with van der Waals surface area (Å²) in [5.41, 5.74) is 1.75. The van der Waals surface area contributed by atoms with Gasteiger partial charge >= 0.3 is 0 Å². The van der Waals surface area contributed by atoms with Gasteiger partial charge in [-0.2, -0.15) is 0 Å². The average Bonchev–Trinajstić information content (AvgIpc) is 2.53. The highest BCUT2D eigenvalue weighted by molar-refractivity contribution is 6.02. The molecule has 0 fully saturated rings. The van der Waals surface area contributed by atoms with Crippen molar-refractivity contribution >= 4 is 11.6 Å². The van der Waals surface area contributed by atoms with Crippen LogP contribution in [-0.2, 0) is 0 Å². The van der Waals surface area contributed by atoms with E-state index in [0.29, 0.717) is 11.1 Å². The fourth-order valence-electron chi connectivity index (χ4n) is 2.33. The van der Waals surface area contributed by atoms with Crippen LogP contribution in [0.3, 0.4) is 0 Å². The lowest BCUT2D eigenvalue weighted by atomic mass is 9.94. The first-order valence-electron chi connectivity index (χ1n) is 7.72. The Kier molecular flexibility index (Phi) is 4.81. The third kappa shape index (κ3) is 3.93. The van der Waals surface area contributed by atoms with E-state index in [0.717, 1.165) is 11.1 Å². The van der Waals surface area contributed by atoms with Gasteiger partial charge in [0.15, 0.2) is 11.6 Å². The molecule has 0 amide bonds. The summed E-state index contributed by atoms with van der Waals surface area (Å²) in [7, 11) is 0. The quantitative estimate of drug-likeness (QED) is 0.844. The molecule has 2 aromatic carbocycles. The molecule has 3 heteroatoms. The highest BCUT2D eigenvalue weighted by atomic mass is 16.3. The molecule has 23 heavy (non-hydrogen) atoms. The lowest BCUT2D eigenvalue weighted by molar-refractivity contribution is 0.0488. The van der Waals surface area contributed by atoms with E-state index in [1.165, 1.54) is 13.8 Å². The summed E-state index contributed by atoms with van der Waals surface area (Å²) in [4.78, 5) is 24.0. The molecule has 0 aliphatic carbocycles. The van der Waals surface area contributed by atoms with Crippen LogP contribution in [0.5, 0.6) is 0 Å². The SMILES string of the molecule is CC(C)C(=O)c1ccc(-c2ccc(C(=O)C(C)(C)O)cc2)cc1. The van der Waals surface area contributed by atoms with Gasteiger partial charge in [-0.05, 0) is 25.0 Å². The molecule has 0 bridgehead atoms. The summed E-state index contributed by atoms with van der Waals surface area (Å²) >= 11 is 0. The molecule has 1 N–H and O–H groups in total. The van der Waals surface area contributed by atoms with E-state index < -0.39 is 5.60 Å². The Morgan fingerprint density at radius 2 is 1.22 bits per heavy atom. The Morgan fingerprint density at radius 3 is 1.57 bits per heavy atom.